The second kappa shape index (κ2) is 13.3. The molecule has 38 heavy (non-hydrogen) atoms. The van der Waals surface area contributed by atoms with Gasteiger partial charge < -0.3 is 14.8 Å². The van der Waals surface area contributed by atoms with Crippen molar-refractivity contribution in [3.8, 4) is 0 Å². The van der Waals surface area contributed by atoms with Gasteiger partial charge in [-0.3, -0.25) is 9.59 Å². The number of rotatable bonds is 5. The molecule has 2 aromatic rings. The Balaban J connectivity index is 1.87. The zero-order valence-corrected chi connectivity index (χ0v) is 22.6. The number of carbonyl (C=O) groups is 3. The van der Waals surface area contributed by atoms with Gasteiger partial charge in [0.05, 0.1) is 23.3 Å². The first-order chi connectivity index (χ1) is 18.0. The number of hydrogen-bond acceptors (Lipinski definition) is 7. The summed E-state index contributed by atoms with van der Waals surface area (Å²) in [5, 5.41) is 2.70. The average molecular weight is 543 g/mol. The number of nitrogens with one attached hydrogen (secondary N) is 2. The molecule has 0 radical (unpaired) electrons. The maximum atomic E-state index is 13.2. The topological polar surface area (TPSA) is 128 Å². The van der Waals surface area contributed by atoms with Gasteiger partial charge in [-0.1, -0.05) is 74.0 Å². The fraction of sp³-hybridized carbons (Fsp3) is 0.393. The van der Waals surface area contributed by atoms with Crippen molar-refractivity contribution >= 4 is 27.9 Å². The first-order valence-corrected chi connectivity index (χ1v) is 14.0. The fourth-order valence-electron chi connectivity index (χ4n) is 3.77. The zero-order valence-electron chi connectivity index (χ0n) is 21.8. The fourth-order valence-corrected chi connectivity index (χ4v) is 5.08. The molecule has 0 fully saturated rings. The summed E-state index contributed by atoms with van der Waals surface area (Å²) in [5.41, 5.74) is 1.72. The van der Waals surface area contributed by atoms with Crippen molar-refractivity contribution in [1.82, 2.24) is 10.0 Å². The molecule has 4 atom stereocenters. The van der Waals surface area contributed by atoms with Crippen molar-refractivity contribution in [2.45, 2.75) is 50.6 Å². The lowest BCUT2D eigenvalue weighted by atomic mass is 10.0. The van der Waals surface area contributed by atoms with Crippen molar-refractivity contribution in [2.75, 3.05) is 13.2 Å². The normalized spacial score (nSPS) is 23.9. The first-order valence-electron chi connectivity index (χ1n) is 12.5. The third-order valence-electron chi connectivity index (χ3n) is 6.23. The monoisotopic (exact) mass is 542 g/mol. The lowest BCUT2D eigenvalue weighted by molar-refractivity contribution is -0.150. The van der Waals surface area contributed by atoms with Crippen LogP contribution in [0.1, 0.15) is 31.4 Å². The Labute approximate surface area is 223 Å². The molecule has 0 unspecified atom stereocenters. The molecule has 0 saturated heterocycles. The van der Waals surface area contributed by atoms with E-state index in [1.165, 1.54) is 12.1 Å². The average Bonchev–Trinajstić information content (AvgIpc) is 2.89. The minimum atomic E-state index is -3.94. The quantitative estimate of drug-likeness (QED) is 0.439. The second-order valence-electron chi connectivity index (χ2n) is 9.50. The maximum absolute atomic E-state index is 13.2. The summed E-state index contributed by atoms with van der Waals surface area (Å²) in [4.78, 5) is 38.2. The van der Waals surface area contributed by atoms with Crippen LogP contribution in [0.2, 0.25) is 0 Å². The zero-order chi connectivity index (χ0) is 27.7. The predicted molar refractivity (Wildman–Crippen MR) is 141 cm³/mol. The molecule has 204 valence electrons. The van der Waals surface area contributed by atoms with Crippen LogP contribution in [0.4, 0.5) is 0 Å². The van der Waals surface area contributed by atoms with Crippen LogP contribution in [0, 0.1) is 18.8 Å². The highest BCUT2D eigenvalue weighted by atomic mass is 32.2. The van der Waals surface area contributed by atoms with Crippen LogP contribution in [0.25, 0.3) is 0 Å². The highest BCUT2D eigenvalue weighted by Gasteiger charge is 2.29. The van der Waals surface area contributed by atoms with Crippen molar-refractivity contribution in [2.24, 2.45) is 11.8 Å². The van der Waals surface area contributed by atoms with Gasteiger partial charge in [0.25, 0.3) is 0 Å². The van der Waals surface area contributed by atoms with Gasteiger partial charge in [-0.2, -0.15) is 0 Å². The van der Waals surface area contributed by atoms with Crippen LogP contribution in [0.5, 0.6) is 0 Å². The molecule has 2 aromatic carbocycles. The summed E-state index contributed by atoms with van der Waals surface area (Å²) in [6.07, 6.45) is 3.37. The van der Waals surface area contributed by atoms with Gasteiger partial charge in [0.15, 0.2) is 0 Å². The Morgan fingerprint density at radius 3 is 2.32 bits per heavy atom. The van der Waals surface area contributed by atoms with E-state index in [1.54, 1.807) is 38.1 Å². The molecule has 1 amide bonds. The Bertz CT molecular complexity index is 1240. The van der Waals surface area contributed by atoms with E-state index in [1.807, 2.05) is 37.3 Å². The molecular formula is C28H34N2O7S. The number of sulfonamides is 1. The Kier molecular flexibility index (Phi) is 10.2. The molecule has 0 saturated carbocycles. The molecule has 0 bridgehead atoms. The van der Waals surface area contributed by atoms with Crippen molar-refractivity contribution in [1.29, 1.82) is 0 Å². The maximum Gasteiger partial charge on any atom is 0.329 e. The molecule has 2 N–H and O–H groups in total. The summed E-state index contributed by atoms with van der Waals surface area (Å²) in [6, 6.07) is 13.7. The number of hydrogen-bond donors (Lipinski definition) is 2. The molecule has 9 nitrogen and oxygen atoms in total. The predicted octanol–water partition coefficient (Wildman–Crippen LogP) is 2.69. The van der Waals surface area contributed by atoms with E-state index < -0.39 is 51.8 Å². The lowest BCUT2D eigenvalue weighted by Crippen LogP contribution is -2.48. The minimum absolute atomic E-state index is 0.0491. The van der Waals surface area contributed by atoms with Crippen LogP contribution in [-0.2, 0) is 40.3 Å². The summed E-state index contributed by atoms with van der Waals surface area (Å²) < 4.78 is 39.6. The SMILES string of the molecule is Cc1ccc(S(=O)(=O)N[C@H]2COC(=O)[C@@H](Cc3ccccc3)NC(=O)[C@@H](C)COC(=O)CC=C[C@@H]2C)cc1. The van der Waals surface area contributed by atoms with Gasteiger partial charge in [0.2, 0.25) is 15.9 Å². The molecular weight excluding hydrogens is 508 g/mol. The molecule has 10 heteroatoms. The summed E-state index contributed by atoms with van der Waals surface area (Å²) in [5.74, 6) is -2.81. The molecule has 0 aromatic heterocycles. The van der Waals surface area contributed by atoms with Gasteiger partial charge in [-0.05, 0) is 30.5 Å². The largest absolute Gasteiger partial charge is 0.465 e. The van der Waals surface area contributed by atoms with Crippen LogP contribution in [0.3, 0.4) is 0 Å². The van der Waals surface area contributed by atoms with E-state index in [0.29, 0.717) is 0 Å². The van der Waals surface area contributed by atoms with E-state index in [2.05, 4.69) is 10.0 Å². The van der Waals surface area contributed by atoms with Crippen molar-refractivity contribution in [3.63, 3.8) is 0 Å². The molecule has 3 rings (SSSR count). The number of cyclic esters (lactones) is 2. The van der Waals surface area contributed by atoms with Gasteiger partial charge >= 0.3 is 11.9 Å². The number of carbonyl (C=O) groups excluding carboxylic acids is 3. The molecule has 0 aliphatic carbocycles. The summed E-state index contributed by atoms with van der Waals surface area (Å²) >= 11 is 0. The van der Waals surface area contributed by atoms with Crippen LogP contribution >= 0.6 is 0 Å². The second-order valence-corrected chi connectivity index (χ2v) is 11.2. The molecule has 1 heterocycles. The first kappa shape index (κ1) is 29.1. The third kappa shape index (κ3) is 8.53. The van der Waals surface area contributed by atoms with Crippen LogP contribution in [0.15, 0.2) is 71.6 Å². The van der Waals surface area contributed by atoms with Crippen molar-refractivity contribution < 1.29 is 32.3 Å². The smallest absolute Gasteiger partial charge is 0.329 e. The van der Waals surface area contributed by atoms with E-state index in [-0.39, 0.29) is 31.0 Å². The van der Waals surface area contributed by atoms with E-state index >= 15 is 0 Å². The summed E-state index contributed by atoms with van der Waals surface area (Å²) in [7, 11) is -3.94. The van der Waals surface area contributed by atoms with Crippen LogP contribution < -0.4 is 10.0 Å². The Hall–Kier alpha value is -3.50. The van der Waals surface area contributed by atoms with Gasteiger partial charge in [0, 0.05) is 6.42 Å². The molecule has 1 aliphatic heterocycles. The summed E-state index contributed by atoms with van der Waals surface area (Å²) in [6.45, 7) is 4.78. The van der Waals surface area contributed by atoms with E-state index in [9.17, 15) is 22.8 Å². The van der Waals surface area contributed by atoms with Crippen molar-refractivity contribution in [3.05, 3.63) is 77.9 Å². The number of amides is 1. The minimum Gasteiger partial charge on any atom is -0.465 e. The molecule has 1 aliphatic rings. The number of ether oxygens (including phenoxy) is 2. The lowest BCUT2D eigenvalue weighted by Gasteiger charge is -2.25. The highest BCUT2D eigenvalue weighted by molar-refractivity contribution is 7.89. The highest BCUT2D eigenvalue weighted by Crippen LogP contribution is 2.16. The molecule has 0 spiro atoms. The van der Waals surface area contributed by atoms with Crippen LogP contribution in [-0.4, -0.2) is 51.6 Å². The number of aryl methyl sites for hydroxylation is 1. The third-order valence-corrected chi connectivity index (χ3v) is 7.73. The number of benzene rings is 2. The van der Waals surface area contributed by atoms with Gasteiger partial charge in [-0.15, -0.1) is 0 Å². The Morgan fingerprint density at radius 2 is 1.63 bits per heavy atom. The van der Waals surface area contributed by atoms with Gasteiger partial charge in [-0.25, -0.2) is 17.9 Å². The number of esters is 2. The van der Waals surface area contributed by atoms with E-state index in [4.69, 9.17) is 9.47 Å². The standard InChI is InChI=1S/C28H34N2O7S/c1-19-12-14-23(15-13-19)38(34,35)30-25-18-37-28(33)24(16-22-9-5-4-6-10-22)29-27(32)21(3)17-36-26(31)11-7-8-20(25)2/h4-10,12-15,20-21,24-25,30H,11,16-18H2,1-3H3,(H,29,32)/t20-,21-,24+,25-/m0/s1. The van der Waals surface area contributed by atoms with Gasteiger partial charge in [0.1, 0.15) is 19.3 Å². The Morgan fingerprint density at radius 1 is 0.947 bits per heavy atom. The van der Waals surface area contributed by atoms with E-state index in [0.717, 1.165) is 11.1 Å².